The average molecular weight is 279 g/mol. The monoisotopic (exact) mass is 279 g/mol. The van der Waals surface area contributed by atoms with Crippen LogP contribution in [0.2, 0.25) is 0 Å². The molecule has 110 valence electrons. The summed E-state index contributed by atoms with van der Waals surface area (Å²) < 4.78 is 10.4. The first-order valence-electron chi connectivity index (χ1n) is 6.64. The van der Waals surface area contributed by atoms with Gasteiger partial charge in [0.15, 0.2) is 0 Å². The van der Waals surface area contributed by atoms with E-state index in [0.29, 0.717) is 30.2 Å². The van der Waals surface area contributed by atoms with E-state index in [1.807, 2.05) is 4.90 Å². The number of carbonyl (C=O) groups is 1. The van der Waals surface area contributed by atoms with Crippen molar-refractivity contribution in [3.63, 3.8) is 0 Å². The van der Waals surface area contributed by atoms with Crippen LogP contribution in [0.4, 0.5) is 0 Å². The molecule has 1 aliphatic heterocycles. The molecule has 2 rings (SSSR count). The molecule has 1 atom stereocenters. The van der Waals surface area contributed by atoms with E-state index < -0.39 is 0 Å². The molecule has 1 aliphatic rings. The number of carbonyl (C=O) groups excluding carboxylic acids is 1. The zero-order chi connectivity index (χ0) is 14.5. The highest BCUT2D eigenvalue weighted by Gasteiger charge is 2.26. The summed E-state index contributed by atoms with van der Waals surface area (Å²) in [5.74, 6) is 1.17. The van der Waals surface area contributed by atoms with Crippen LogP contribution < -0.4 is 20.5 Å². The summed E-state index contributed by atoms with van der Waals surface area (Å²) in [5, 5.41) is 3.24. The second-order valence-corrected chi connectivity index (χ2v) is 4.69. The van der Waals surface area contributed by atoms with Crippen molar-refractivity contribution < 1.29 is 14.3 Å². The van der Waals surface area contributed by atoms with E-state index in [1.165, 1.54) is 0 Å². The van der Waals surface area contributed by atoms with Crippen molar-refractivity contribution in [1.82, 2.24) is 10.2 Å². The van der Waals surface area contributed by atoms with E-state index in [1.54, 1.807) is 32.4 Å². The minimum absolute atomic E-state index is 0.0217. The Morgan fingerprint density at radius 2 is 2.00 bits per heavy atom. The molecule has 6 nitrogen and oxygen atoms in total. The molecule has 6 heteroatoms. The van der Waals surface area contributed by atoms with E-state index in [2.05, 4.69) is 5.32 Å². The highest BCUT2D eigenvalue weighted by molar-refractivity contribution is 5.95. The number of rotatable bonds is 4. The summed E-state index contributed by atoms with van der Waals surface area (Å²) in [6, 6.07) is 5.21. The molecular weight excluding hydrogens is 258 g/mol. The van der Waals surface area contributed by atoms with E-state index in [0.717, 1.165) is 13.1 Å². The summed E-state index contributed by atoms with van der Waals surface area (Å²) in [5.41, 5.74) is 6.30. The van der Waals surface area contributed by atoms with E-state index >= 15 is 0 Å². The van der Waals surface area contributed by atoms with Crippen molar-refractivity contribution in [3.05, 3.63) is 23.8 Å². The zero-order valence-electron chi connectivity index (χ0n) is 11.9. The summed E-state index contributed by atoms with van der Waals surface area (Å²) in [7, 11) is 3.13. The Morgan fingerprint density at radius 1 is 1.35 bits per heavy atom. The van der Waals surface area contributed by atoms with E-state index in [9.17, 15) is 4.79 Å². The van der Waals surface area contributed by atoms with Gasteiger partial charge in [0.1, 0.15) is 11.5 Å². The first-order valence-corrected chi connectivity index (χ1v) is 6.64. The minimum Gasteiger partial charge on any atom is -0.497 e. The maximum absolute atomic E-state index is 12.6. The lowest BCUT2D eigenvalue weighted by Gasteiger charge is -2.35. The zero-order valence-corrected chi connectivity index (χ0v) is 11.9. The first-order chi connectivity index (χ1) is 9.69. The molecule has 1 amide bonds. The van der Waals surface area contributed by atoms with E-state index in [-0.39, 0.29) is 11.9 Å². The van der Waals surface area contributed by atoms with Gasteiger partial charge in [-0.15, -0.1) is 0 Å². The van der Waals surface area contributed by atoms with Crippen molar-refractivity contribution in [3.8, 4) is 11.5 Å². The molecule has 20 heavy (non-hydrogen) atoms. The minimum atomic E-state index is -0.0425. The Balaban J connectivity index is 2.27. The average Bonchev–Trinajstić information content (AvgIpc) is 2.53. The molecule has 0 aliphatic carbocycles. The Hall–Kier alpha value is -1.79. The third-order valence-electron chi connectivity index (χ3n) is 3.48. The summed E-state index contributed by atoms with van der Waals surface area (Å²) >= 11 is 0. The number of ether oxygens (including phenoxy) is 2. The summed E-state index contributed by atoms with van der Waals surface area (Å²) in [4.78, 5) is 14.4. The summed E-state index contributed by atoms with van der Waals surface area (Å²) in [6.07, 6.45) is 0. The lowest BCUT2D eigenvalue weighted by Crippen LogP contribution is -2.56. The number of piperazine rings is 1. The van der Waals surface area contributed by atoms with Gasteiger partial charge in [0.05, 0.1) is 20.3 Å². The van der Waals surface area contributed by atoms with Crippen LogP contribution in [0.3, 0.4) is 0 Å². The first kappa shape index (κ1) is 14.6. The Kier molecular flexibility index (Phi) is 4.81. The van der Waals surface area contributed by atoms with Crippen LogP contribution in [0, 0.1) is 0 Å². The van der Waals surface area contributed by atoms with Crippen LogP contribution in [0.5, 0.6) is 11.5 Å². The van der Waals surface area contributed by atoms with Gasteiger partial charge in [0.2, 0.25) is 0 Å². The Bertz CT molecular complexity index is 456. The summed E-state index contributed by atoms with van der Waals surface area (Å²) in [6.45, 7) is 2.60. The van der Waals surface area contributed by atoms with Gasteiger partial charge in [-0.25, -0.2) is 0 Å². The molecule has 3 N–H and O–H groups in total. The van der Waals surface area contributed by atoms with Gasteiger partial charge in [-0.3, -0.25) is 4.79 Å². The predicted octanol–water partition coefficient (Wildman–Crippen LogP) is 0.0765. The van der Waals surface area contributed by atoms with Crippen LogP contribution in [-0.4, -0.2) is 57.2 Å². The van der Waals surface area contributed by atoms with Gasteiger partial charge in [-0.05, 0) is 12.1 Å². The third-order valence-corrected chi connectivity index (χ3v) is 3.48. The number of nitrogens with zero attached hydrogens (tertiary/aromatic N) is 1. The van der Waals surface area contributed by atoms with Crippen LogP contribution in [0.15, 0.2) is 18.2 Å². The number of methoxy groups -OCH3 is 2. The molecule has 1 fully saturated rings. The van der Waals surface area contributed by atoms with Crippen molar-refractivity contribution in [2.24, 2.45) is 5.73 Å². The molecular formula is C14H21N3O3. The van der Waals surface area contributed by atoms with Crippen LogP contribution in [0.25, 0.3) is 0 Å². The Labute approximate surface area is 118 Å². The number of benzene rings is 1. The van der Waals surface area contributed by atoms with Crippen LogP contribution in [-0.2, 0) is 0 Å². The van der Waals surface area contributed by atoms with Crippen molar-refractivity contribution >= 4 is 5.91 Å². The second kappa shape index (κ2) is 6.58. The topological polar surface area (TPSA) is 76.8 Å². The van der Waals surface area contributed by atoms with Gasteiger partial charge >= 0.3 is 0 Å². The molecule has 1 heterocycles. The van der Waals surface area contributed by atoms with Crippen LogP contribution in [0.1, 0.15) is 10.4 Å². The number of nitrogens with one attached hydrogen (secondary N) is 1. The lowest BCUT2D eigenvalue weighted by atomic mass is 10.1. The molecule has 1 unspecified atom stereocenters. The molecule has 1 aromatic rings. The van der Waals surface area contributed by atoms with E-state index in [4.69, 9.17) is 15.2 Å². The van der Waals surface area contributed by atoms with Gasteiger partial charge in [0.25, 0.3) is 5.91 Å². The molecule has 1 aromatic carbocycles. The largest absolute Gasteiger partial charge is 0.497 e. The molecule has 0 spiro atoms. The van der Waals surface area contributed by atoms with Crippen molar-refractivity contribution in [1.29, 1.82) is 0 Å². The number of nitrogens with two attached hydrogens (primary N) is 1. The van der Waals surface area contributed by atoms with Gasteiger partial charge in [-0.2, -0.15) is 0 Å². The normalized spacial score (nSPS) is 18.8. The third kappa shape index (κ3) is 3.02. The Morgan fingerprint density at radius 3 is 2.55 bits per heavy atom. The number of amides is 1. The fourth-order valence-corrected chi connectivity index (χ4v) is 2.34. The molecule has 0 bridgehead atoms. The molecule has 0 aromatic heterocycles. The molecule has 0 radical (unpaired) electrons. The maximum Gasteiger partial charge on any atom is 0.254 e. The predicted molar refractivity (Wildman–Crippen MR) is 76.3 cm³/mol. The number of hydrogen-bond acceptors (Lipinski definition) is 5. The SMILES string of the molecule is COc1cc(OC)cc(C(=O)N2CCNCC2CN)c1. The van der Waals surface area contributed by atoms with Crippen molar-refractivity contribution in [2.45, 2.75) is 6.04 Å². The lowest BCUT2D eigenvalue weighted by molar-refractivity contribution is 0.0644. The second-order valence-electron chi connectivity index (χ2n) is 4.69. The highest BCUT2D eigenvalue weighted by atomic mass is 16.5. The number of hydrogen-bond donors (Lipinski definition) is 2. The smallest absolute Gasteiger partial charge is 0.254 e. The fraction of sp³-hybridized carbons (Fsp3) is 0.500. The maximum atomic E-state index is 12.6. The quantitative estimate of drug-likeness (QED) is 0.816. The fourth-order valence-electron chi connectivity index (χ4n) is 2.34. The van der Waals surface area contributed by atoms with Crippen molar-refractivity contribution in [2.75, 3.05) is 40.4 Å². The van der Waals surface area contributed by atoms with Crippen LogP contribution >= 0.6 is 0 Å². The van der Waals surface area contributed by atoms with Gasteiger partial charge in [0, 0.05) is 37.8 Å². The van der Waals surface area contributed by atoms with Gasteiger partial charge < -0.3 is 25.4 Å². The molecule has 0 saturated carbocycles. The van der Waals surface area contributed by atoms with Gasteiger partial charge in [-0.1, -0.05) is 0 Å². The standard InChI is InChI=1S/C14H21N3O3/c1-19-12-5-10(6-13(7-12)20-2)14(18)17-4-3-16-9-11(17)8-15/h5-7,11,16H,3-4,8-9,15H2,1-2H3. The molecule has 1 saturated heterocycles. The highest BCUT2D eigenvalue weighted by Crippen LogP contribution is 2.24.